The molecule has 0 aliphatic carbocycles. The molecule has 1 atom stereocenters. The molecule has 1 unspecified atom stereocenters. The highest BCUT2D eigenvalue weighted by Gasteiger charge is 2.37. The molecule has 3 heterocycles. The lowest BCUT2D eigenvalue weighted by Crippen LogP contribution is -2.38. The number of amidine groups is 1. The second-order valence-electron chi connectivity index (χ2n) is 8.33. The van der Waals surface area contributed by atoms with E-state index in [1.165, 1.54) is 0 Å². The molecule has 0 fully saturated rings. The van der Waals surface area contributed by atoms with Gasteiger partial charge in [-0.05, 0) is 33.6 Å². The molecule has 2 aliphatic heterocycles. The number of hydrogen-bond donors (Lipinski definition) is 0. The number of aliphatic imine (C=N–C) groups is 2. The van der Waals surface area contributed by atoms with E-state index in [9.17, 15) is 13.2 Å². The Kier molecular flexibility index (Phi) is 5.66. The molecule has 0 aromatic carbocycles. The summed E-state index contributed by atoms with van der Waals surface area (Å²) >= 11 is 0. The van der Waals surface area contributed by atoms with Crippen LogP contribution in [-0.2, 0) is 26.4 Å². The third-order valence-corrected chi connectivity index (χ3v) is 5.58. The van der Waals surface area contributed by atoms with Crippen LogP contribution in [-0.4, -0.2) is 59.4 Å². The van der Waals surface area contributed by atoms with E-state index in [4.69, 9.17) is 4.74 Å². The van der Waals surface area contributed by atoms with Crippen LogP contribution >= 0.6 is 0 Å². The molecule has 0 saturated carbocycles. The third-order valence-electron chi connectivity index (χ3n) is 4.60. The first-order valence-electron chi connectivity index (χ1n) is 9.45. The maximum Gasteiger partial charge on any atom is 0.311 e. The van der Waals surface area contributed by atoms with Crippen molar-refractivity contribution in [1.82, 2.24) is 14.7 Å². The van der Waals surface area contributed by atoms with E-state index in [1.807, 2.05) is 24.3 Å². The van der Waals surface area contributed by atoms with Gasteiger partial charge < -0.3 is 9.64 Å². The minimum atomic E-state index is -3.55. The van der Waals surface area contributed by atoms with Crippen LogP contribution in [0.25, 0.3) is 0 Å². The largest absolute Gasteiger partial charge is 0.465 e. The quantitative estimate of drug-likeness (QED) is 0.530. The number of ether oxygens (including phenoxy) is 1. The molecule has 0 bridgehead atoms. The maximum absolute atomic E-state index is 12.3. The standard InChI is InChI=1S/C19H27N5O4S/c1-19(2,3)18(25)28-8-6-7-14-12-24-15(13-9-21-23(4)11-13)10-20-16(24)17(22-14)29(5,26)27/h9,11-12,15H,6-8,10H2,1-5H3. The van der Waals surface area contributed by atoms with Gasteiger partial charge in [-0.2, -0.15) is 5.10 Å². The van der Waals surface area contributed by atoms with Crippen LogP contribution in [0.4, 0.5) is 0 Å². The Morgan fingerprint density at radius 2 is 2.07 bits per heavy atom. The van der Waals surface area contributed by atoms with E-state index in [-0.39, 0.29) is 23.7 Å². The van der Waals surface area contributed by atoms with Gasteiger partial charge in [-0.25, -0.2) is 13.4 Å². The number of rotatable bonds is 5. The summed E-state index contributed by atoms with van der Waals surface area (Å²) in [5.74, 6) is 0.102. The van der Waals surface area contributed by atoms with Crippen LogP contribution < -0.4 is 0 Å². The zero-order chi connectivity index (χ0) is 21.4. The fraction of sp³-hybridized carbons (Fsp3) is 0.579. The fourth-order valence-corrected chi connectivity index (χ4v) is 3.86. The predicted molar refractivity (Wildman–Crippen MR) is 110 cm³/mol. The summed E-state index contributed by atoms with van der Waals surface area (Å²) < 4.78 is 31.6. The first-order chi connectivity index (χ1) is 13.5. The van der Waals surface area contributed by atoms with Crippen LogP contribution in [0.5, 0.6) is 0 Å². The van der Waals surface area contributed by atoms with Crippen molar-refractivity contribution < 1.29 is 17.9 Å². The summed E-state index contributed by atoms with van der Waals surface area (Å²) in [6, 6.07) is -0.125. The van der Waals surface area contributed by atoms with E-state index in [0.717, 1.165) is 11.8 Å². The van der Waals surface area contributed by atoms with E-state index in [0.29, 0.717) is 30.9 Å². The average Bonchev–Trinajstić information content (AvgIpc) is 3.21. The number of aryl methyl sites for hydroxylation is 1. The number of carbonyl (C=O) groups excluding carboxylic acids is 1. The number of hydrogen-bond acceptors (Lipinski definition) is 8. The van der Waals surface area contributed by atoms with E-state index >= 15 is 0 Å². The Bertz CT molecular complexity index is 998. The van der Waals surface area contributed by atoms with Gasteiger partial charge in [0.25, 0.3) is 0 Å². The van der Waals surface area contributed by atoms with Crippen LogP contribution in [0.2, 0.25) is 0 Å². The van der Waals surface area contributed by atoms with E-state index < -0.39 is 15.3 Å². The van der Waals surface area contributed by atoms with E-state index in [1.54, 1.807) is 31.6 Å². The summed E-state index contributed by atoms with van der Waals surface area (Å²) in [4.78, 5) is 22.5. The number of nitrogens with zero attached hydrogens (tertiary/aromatic N) is 5. The van der Waals surface area contributed by atoms with Crippen molar-refractivity contribution >= 4 is 26.7 Å². The average molecular weight is 422 g/mol. The highest BCUT2D eigenvalue weighted by atomic mass is 32.2. The Labute approximate surface area is 171 Å². The molecular formula is C19H27N5O4S. The number of esters is 1. The number of aromatic nitrogens is 2. The SMILES string of the molecule is Cn1cc(C2CN=C3C(S(C)(=O)=O)=NC(CCCOC(=O)C(C)(C)C)=CN32)cn1. The second-order valence-corrected chi connectivity index (χ2v) is 10.3. The Hall–Kier alpha value is -2.49. The van der Waals surface area contributed by atoms with Crippen molar-refractivity contribution in [2.45, 2.75) is 39.7 Å². The van der Waals surface area contributed by atoms with Gasteiger partial charge in [0, 0.05) is 31.3 Å². The van der Waals surface area contributed by atoms with Gasteiger partial charge in [-0.1, -0.05) is 0 Å². The molecule has 29 heavy (non-hydrogen) atoms. The Morgan fingerprint density at radius 1 is 1.34 bits per heavy atom. The van der Waals surface area contributed by atoms with Gasteiger partial charge in [0.1, 0.15) is 0 Å². The molecule has 10 heteroatoms. The first-order valence-corrected chi connectivity index (χ1v) is 11.3. The molecule has 0 spiro atoms. The summed E-state index contributed by atoms with van der Waals surface area (Å²) in [5.41, 5.74) is 1.02. The number of sulfone groups is 1. The summed E-state index contributed by atoms with van der Waals surface area (Å²) in [5, 5.41) is 4.18. The predicted octanol–water partition coefficient (Wildman–Crippen LogP) is 1.84. The van der Waals surface area contributed by atoms with Crippen LogP contribution in [0.1, 0.15) is 45.2 Å². The number of fused-ring (bicyclic) bond motifs is 1. The molecule has 3 rings (SSSR count). The molecule has 1 aromatic heterocycles. The Balaban J connectivity index is 1.76. The monoisotopic (exact) mass is 421 g/mol. The molecule has 2 aliphatic rings. The molecule has 1 aromatic rings. The zero-order valence-electron chi connectivity index (χ0n) is 17.4. The van der Waals surface area contributed by atoms with Gasteiger partial charge in [0.15, 0.2) is 20.7 Å². The van der Waals surface area contributed by atoms with Crippen molar-refractivity contribution in [3.8, 4) is 0 Å². The molecule has 158 valence electrons. The Morgan fingerprint density at radius 3 is 2.66 bits per heavy atom. The molecule has 0 N–H and O–H groups in total. The van der Waals surface area contributed by atoms with Crippen molar-refractivity contribution in [3.05, 3.63) is 29.9 Å². The molecular weight excluding hydrogens is 394 g/mol. The highest BCUT2D eigenvalue weighted by Crippen LogP contribution is 2.32. The molecule has 0 saturated heterocycles. The lowest BCUT2D eigenvalue weighted by atomic mass is 9.97. The smallest absolute Gasteiger partial charge is 0.311 e. The van der Waals surface area contributed by atoms with Crippen LogP contribution in [0.3, 0.4) is 0 Å². The lowest BCUT2D eigenvalue weighted by molar-refractivity contribution is -0.153. The van der Waals surface area contributed by atoms with Crippen molar-refractivity contribution in [2.24, 2.45) is 22.4 Å². The molecule has 0 radical (unpaired) electrons. The normalized spacial score (nSPS) is 19.4. The van der Waals surface area contributed by atoms with Gasteiger partial charge >= 0.3 is 5.97 Å². The van der Waals surface area contributed by atoms with Gasteiger partial charge in [-0.15, -0.1) is 0 Å². The first kappa shape index (κ1) is 21.2. The summed E-state index contributed by atoms with van der Waals surface area (Å²) in [6.07, 6.45) is 7.66. The van der Waals surface area contributed by atoms with E-state index in [2.05, 4.69) is 15.1 Å². The van der Waals surface area contributed by atoms with Crippen LogP contribution in [0.15, 0.2) is 34.3 Å². The van der Waals surface area contributed by atoms with Crippen molar-refractivity contribution in [1.29, 1.82) is 0 Å². The van der Waals surface area contributed by atoms with Gasteiger partial charge in [0.2, 0.25) is 0 Å². The number of carbonyl (C=O) groups is 1. The summed E-state index contributed by atoms with van der Waals surface area (Å²) in [7, 11) is -1.71. The topological polar surface area (TPSA) is 106 Å². The highest BCUT2D eigenvalue weighted by molar-refractivity contribution is 8.07. The second kappa shape index (κ2) is 7.74. The van der Waals surface area contributed by atoms with Crippen LogP contribution in [0, 0.1) is 5.41 Å². The fourth-order valence-electron chi connectivity index (χ4n) is 3.07. The van der Waals surface area contributed by atoms with Gasteiger partial charge in [-0.3, -0.25) is 14.5 Å². The molecule has 9 nitrogen and oxygen atoms in total. The van der Waals surface area contributed by atoms with Crippen molar-refractivity contribution in [2.75, 3.05) is 19.4 Å². The lowest BCUT2D eigenvalue weighted by Gasteiger charge is -2.27. The van der Waals surface area contributed by atoms with Crippen molar-refractivity contribution in [3.63, 3.8) is 0 Å². The molecule has 0 amide bonds. The van der Waals surface area contributed by atoms with Gasteiger partial charge in [0.05, 0.1) is 36.5 Å². The third kappa shape index (κ3) is 4.75. The minimum Gasteiger partial charge on any atom is -0.465 e. The minimum absolute atomic E-state index is 0.0203. The number of allylic oxidation sites excluding steroid dienone is 1. The summed E-state index contributed by atoms with van der Waals surface area (Å²) in [6.45, 7) is 6.09. The zero-order valence-corrected chi connectivity index (χ0v) is 18.2. The maximum atomic E-state index is 12.3.